The standard InChI is InChI=1S/C12H12BrFO3/c1-17-12(16)5-3-10(15)7-8-6-9(13)2-4-11(8)14/h2,4,6H,3,5,7H2,1H3. The van der Waals surface area contributed by atoms with Crippen molar-refractivity contribution in [3.05, 3.63) is 34.1 Å². The zero-order chi connectivity index (χ0) is 12.8. The van der Waals surface area contributed by atoms with Crippen LogP contribution < -0.4 is 0 Å². The van der Waals surface area contributed by atoms with E-state index >= 15 is 0 Å². The van der Waals surface area contributed by atoms with Gasteiger partial charge in [0, 0.05) is 17.3 Å². The van der Waals surface area contributed by atoms with Crippen molar-refractivity contribution in [1.29, 1.82) is 0 Å². The van der Waals surface area contributed by atoms with E-state index in [4.69, 9.17) is 0 Å². The summed E-state index contributed by atoms with van der Waals surface area (Å²) in [6, 6.07) is 4.43. The summed E-state index contributed by atoms with van der Waals surface area (Å²) in [5, 5.41) is 0. The zero-order valence-electron chi connectivity index (χ0n) is 9.33. The third-order valence-electron chi connectivity index (χ3n) is 2.23. The second-order valence-corrected chi connectivity index (χ2v) is 4.44. The fraction of sp³-hybridized carbons (Fsp3) is 0.333. The molecule has 1 aromatic carbocycles. The van der Waals surface area contributed by atoms with Gasteiger partial charge in [-0.2, -0.15) is 0 Å². The Labute approximate surface area is 107 Å². The van der Waals surface area contributed by atoms with Crippen LogP contribution in [0.4, 0.5) is 4.39 Å². The number of carbonyl (C=O) groups excluding carboxylic acids is 2. The molecule has 17 heavy (non-hydrogen) atoms. The lowest BCUT2D eigenvalue weighted by Gasteiger charge is -2.03. The number of carbonyl (C=O) groups is 2. The summed E-state index contributed by atoms with van der Waals surface area (Å²) in [5.41, 5.74) is 0.328. The lowest BCUT2D eigenvalue weighted by Crippen LogP contribution is -2.08. The van der Waals surface area contributed by atoms with Crippen LogP contribution in [0.5, 0.6) is 0 Å². The van der Waals surface area contributed by atoms with E-state index in [1.807, 2.05) is 0 Å². The number of ether oxygens (including phenoxy) is 1. The van der Waals surface area contributed by atoms with E-state index < -0.39 is 11.8 Å². The van der Waals surface area contributed by atoms with Crippen molar-refractivity contribution in [3.8, 4) is 0 Å². The minimum Gasteiger partial charge on any atom is -0.469 e. The van der Waals surface area contributed by atoms with Crippen molar-refractivity contribution in [2.24, 2.45) is 0 Å². The van der Waals surface area contributed by atoms with Crippen molar-refractivity contribution >= 4 is 27.7 Å². The highest BCUT2D eigenvalue weighted by Crippen LogP contribution is 2.16. The Bertz CT molecular complexity index is 432. The Morgan fingerprint density at radius 1 is 1.35 bits per heavy atom. The first-order valence-corrected chi connectivity index (χ1v) is 5.84. The Hall–Kier alpha value is -1.23. The molecule has 0 aliphatic carbocycles. The average Bonchev–Trinajstić information content (AvgIpc) is 2.30. The number of methoxy groups -OCH3 is 1. The molecule has 0 N–H and O–H groups in total. The molecule has 0 saturated heterocycles. The molecule has 1 rings (SSSR count). The van der Waals surface area contributed by atoms with E-state index in [0.29, 0.717) is 5.56 Å². The van der Waals surface area contributed by atoms with Gasteiger partial charge in [-0.25, -0.2) is 4.39 Å². The number of hydrogen-bond acceptors (Lipinski definition) is 3. The average molecular weight is 303 g/mol. The number of Topliss-reactive ketones (excluding diaryl/α,β-unsaturated/α-hetero) is 1. The van der Waals surface area contributed by atoms with Crippen LogP contribution >= 0.6 is 15.9 Å². The number of benzene rings is 1. The summed E-state index contributed by atoms with van der Waals surface area (Å²) in [7, 11) is 1.26. The maximum Gasteiger partial charge on any atom is 0.305 e. The van der Waals surface area contributed by atoms with Crippen LogP contribution in [0.1, 0.15) is 18.4 Å². The first-order valence-electron chi connectivity index (χ1n) is 5.05. The second-order valence-electron chi connectivity index (χ2n) is 3.53. The van der Waals surface area contributed by atoms with Crippen LogP contribution in [0.15, 0.2) is 22.7 Å². The number of esters is 1. The molecule has 0 aliphatic rings. The number of ketones is 1. The number of rotatable bonds is 5. The fourth-order valence-electron chi connectivity index (χ4n) is 1.32. The normalized spacial score (nSPS) is 10.1. The van der Waals surface area contributed by atoms with Gasteiger partial charge in [-0.05, 0) is 23.8 Å². The predicted molar refractivity (Wildman–Crippen MR) is 64.1 cm³/mol. The molecule has 0 aliphatic heterocycles. The second kappa shape index (κ2) is 6.49. The lowest BCUT2D eigenvalue weighted by atomic mass is 10.1. The van der Waals surface area contributed by atoms with Crippen molar-refractivity contribution in [2.45, 2.75) is 19.3 Å². The number of hydrogen-bond donors (Lipinski definition) is 0. The predicted octanol–water partition coefficient (Wildman–Crippen LogP) is 2.65. The molecule has 3 nitrogen and oxygen atoms in total. The first-order chi connectivity index (χ1) is 8.02. The summed E-state index contributed by atoms with van der Waals surface area (Å²) in [4.78, 5) is 22.3. The fourth-order valence-corrected chi connectivity index (χ4v) is 1.73. The monoisotopic (exact) mass is 302 g/mol. The maximum atomic E-state index is 13.3. The van der Waals surface area contributed by atoms with Crippen molar-refractivity contribution < 1.29 is 18.7 Å². The number of halogens is 2. The van der Waals surface area contributed by atoms with Crippen LogP contribution in [0.2, 0.25) is 0 Å². The summed E-state index contributed by atoms with van der Waals surface area (Å²) in [6.45, 7) is 0. The van der Waals surface area contributed by atoms with Gasteiger partial charge in [0.1, 0.15) is 11.6 Å². The molecule has 0 spiro atoms. The molecule has 5 heteroatoms. The topological polar surface area (TPSA) is 43.4 Å². The molecule has 0 saturated carbocycles. The molecule has 92 valence electrons. The summed E-state index contributed by atoms with van der Waals surface area (Å²) >= 11 is 3.21. The molecule has 1 aromatic rings. The van der Waals surface area contributed by atoms with Gasteiger partial charge < -0.3 is 4.74 Å². The third-order valence-corrected chi connectivity index (χ3v) is 2.72. The molecular weight excluding hydrogens is 291 g/mol. The van der Waals surface area contributed by atoms with E-state index in [1.54, 1.807) is 12.1 Å². The zero-order valence-corrected chi connectivity index (χ0v) is 10.9. The van der Waals surface area contributed by atoms with Crippen molar-refractivity contribution in [2.75, 3.05) is 7.11 Å². The highest BCUT2D eigenvalue weighted by molar-refractivity contribution is 9.10. The third kappa shape index (κ3) is 4.65. The summed E-state index contributed by atoms with van der Waals surface area (Å²) in [5.74, 6) is -1.04. The molecule has 0 amide bonds. The van der Waals surface area contributed by atoms with Gasteiger partial charge in [0.05, 0.1) is 13.5 Å². The Kier molecular flexibility index (Phi) is 5.28. The Morgan fingerprint density at radius 2 is 2.06 bits per heavy atom. The van der Waals surface area contributed by atoms with Gasteiger partial charge in [-0.3, -0.25) is 9.59 Å². The van der Waals surface area contributed by atoms with E-state index in [1.165, 1.54) is 13.2 Å². The Balaban J connectivity index is 2.56. The summed E-state index contributed by atoms with van der Waals surface area (Å²) < 4.78 is 18.5. The van der Waals surface area contributed by atoms with Crippen LogP contribution in [-0.4, -0.2) is 18.9 Å². The van der Waals surface area contributed by atoms with Crippen LogP contribution in [0.3, 0.4) is 0 Å². The highest BCUT2D eigenvalue weighted by atomic mass is 79.9. The van der Waals surface area contributed by atoms with Crippen LogP contribution in [0, 0.1) is 5.82 Å². The van der Waals surface area contributed by atoms with E-state index in [-0.39, 0.29) is 25.0 Å². The molecule has 0 fully saturated rings. The van der Waals surface area contributed by atoms with Crippen molar-refractivity contribution in [1.82, 2.24) is 0 Å². The van der Waals surface area contributed by atoms with Gasteiger partial charge in [0.15, 0.2) is 0 Å². The summed E-state index contributed by atoms with van der Waals surface area (Å²) in [6.07, 6.45) is 0.0891. The smallest absolute Gasteiger partial charge is 0.305 e. The maximum absolute atomic E-state index is 13.3. The van der Waals surface area contributed by atoms with Gasteiger partial charge in [-0.15, -0.1) is 0 Å². The van der Waals surface area contributed by atoms with Crippen LogP contribution in [-0.2, 0) is 20.7 Å². The molecule has 0 atom stereocenters. The lowest BCUT2D eigenvalue weighted by molar-refractivity contribution is -0.141. The van der Waals surface area contributed by atoms with Crippen LogP contribution in [0.25, 0.3) is 0 Å². The van der Waals surface area contributed by atoms with E-state index in [2.05, 4.69) is 20.7 Å². The molecule has 0 unspecified atom stereocenters. The van der Waals surface area contributed by atoms with E-state index in [0.717, 1.165) is 4.47 Å². The minimum atomic E-state index is -0.437. The molecule has 0 bridgehead atoms. The quantitative estimate of drug-likeness (QED) is 0.785. The molecular formula is C12H12BrFO3. The highest BCUT2D eigenvalue weighted by Gasteiger charge is 2.11. The molecule has 0 heterocycles. The Morgan fingerprint density at radius 3 is 2.71 bits per heavy atom. The minimum absolute atomic E-state index is 0.0116. The van der Waals surface area contributed by atoms with Crippen molar-refractivity contribution in [3.63, 3.8) is 0 Å². The van der Waals surface area contributed by atoms with Gasteiger partial charge in [0.2, 0.25) is 0 Å². The van der Waals surface area contributed by atoms with E-state index in [9.17, 15) is 14.0 Å². The molecule has 0 radical (unpaired) electrons. The molecule has 0 aromatic heterocycles. The largest absolute Gasteiger partial charge is 0.469 e. The van der Waals surface area contributed by atoms with Gasteiger partial charge in [-0.1, -0.05) is 15.9 Å². The first kappa shape index (κ1) is 13.8. The SMILES string of the molecule is COC(=O)CCC(=O)Cc1cc(Br)ccc1F. The van der Waals surface area contributed by atoms with Gasteiger partial charge in [0.25, 0.3) is 0 Å². The van der Waals surface area contributed by atoms with Gasteiger partial charge >= 0.3 is 5.97 Å².